The van der Waals surface area contributed by atoms with Gasteiger partial charge in [0.05, 0.1) is 30.3 Å². The monoisotopic (exact) mass is 341 g/mol. The van der Waals surface area contributed by atoms with Gasteiger partial charge in [0, 0.05) is 30.2 Å². The Balaban J connectivity index is 1.65. The molecule has 8 heteroatoms. The molecule has 1 atom stereocenters. The summed E-state index contributed by atoms with van der Waals surface area (Å²) in [6.45, 7) is 9.29. The van der Waals surface area contributed by atoms with Crippen LogP contribution in [0.3, 0.4) is 0 Å². The summed E-state index contributed by atoms with van der Waals surface area (Å²) >= 11 is 0. The minimum atomic E-state index is -0.387. The molecular weight excluding hydrogens is 318 g/mol. The van der Waals surface area contributed by atoms with E-state index >= 15 is 0 Å². The molecule has 0 aromatic carbocycles. The Morgan fingerprint density at radius 3 is 2.72 bits per heavy atom. The lowest BCUT2D eigenvalue weighted by Crippen LogP contribution is -2.23. The fraction of sp³-hybridized carbons (Fsp3) is 0.412. The van der Waals surface area contributed by atoms with Crippen molar-refractivity contribution in [3.8, 4) is 0 Å². The highest BCUT2D eigenvalue weighted by atomic mass is 16.2. The van der Waals surface area contributed by atoms with Crippen molar-refractivity contribution in [2.24, 2.45) is 0 Å². The fourth-order valence-electron chi connectivity index (χ4n) is 2.66. The fourth-order valence-corrected chi connectivity index (χ4v) is 2.66. The summed E-state index contributed by atoms with van der Waals surface area (Å²) in [7, 11) is 0. The topological polar surface area (TPSA) is 82.6 Å². The molecule has 1 unspecified atom stereocenters. The summed E-state index contributed by atoms with van der Waals surface area (Å²) < 4.78 is 5.40. The Morgan fingerprint density at radius 2 is 2.08 bits per heavy atom. The highest BCUT2D eigenvalue weighted by Crippen LogP contribution is 2.14. The van der Waals surface area contributed by atoms with Crippen molar-refractivity contribution in [2.75, 3.05) is 5.32 Å². The van der Waals surface area contributed by atoms with Crippen molar-refractivity contribution in [3.63, 3.8) is 0 Å². The Hall–Kier alpha value is -2.90. The van der Waals surface area contributed by atoms with E-state index in [2.05, 4.69) is 27.5 Å². The van der Waals surface area contributed by atoms with Gasteiger partial charge in [-0.2, -0.15) is 15.3 Å². The third kappa shape index (κ3) is 3.62. The first-order valence-electron chi connectivity index (χ1n) is 8.34. The number of amides is 1. The van der Waals surface area contributed by atoms with Crippen LogP contribution in [0.25, 0.3) is 0 Å². The van der Waals surface area contributed by atoms with Crippen molar-refractivity contribution >= 4 is 11.6 Å². The van der Waals surface area contributed by atoms with Gasteiger partial charge >= 0.3 is 0 Å². The van der Waals surface area contributed by atoms with Crippen LogP contribution in [0.15, 0.2) is 30.9 Å². The van der Waals surface area contributed by atoms with E-state index in [9.17, 15) is 4.79 Å². The molecule has 0 aliphatic rings. The molecule has 0 saturated heterocycles. The molecule has 3 heterocycles. The van der Waals surface area contributed by atoms with Crippen molar-refractivity contribution in [1.82, 2.24) is 29.3 Å². The van der Waals surface area contributed by atoms with Gasteiger partial charge in [0.25, 0.3) is 0 Å². The molecular formula is C17H23N7O. The number of aryl methyl sites for hydroxylation is 2. The molecule has 1 N–H and O–H groups in total. The zero-order valence-electron chi connectivity index (χ0n) is 15.0. The van der Waals surface area contributed by atoms with E-state index in [1.807, 2.05) is 43.9 Å². The summed E-state index contributed by atoms with van der Waals surface area (Å²) in [5, 5.41) is 15.8. The van der Waals surface area contributed by atoms with Gasteiger partial charge in [0.2, 0.25) is 5.91 Å². The Bertz CT molecular complexity index is 873. The van der Waals surface area contributed by atoms with E-state index < -0.39 is 0 Å². The highest BCUT2D eigenvalue weighted by molar-refractivity contribution is 5.93. The van der Waals surface area contributed by atoms with Crippen LogP contribution in [0.1, 0.15) is 36.8 Å². The molecule has 3 aromatic heterocycles. The highest BCUT2D eigenvalue weighted by Gasteiger charge is 2.16. The number of carbonyl (C=O) groups is 1. The number of anilines is 1. The van der Waals surface area contributed by atoms with Crippen molar-refractivity contribution < 1.29 is 4.79 Å². The number of nitrogens with zero attached hydrogens (tertiary/aromatic N) is 6. The molecule has 0 aliphatic carbocycles. The normalized spacial score (nSPS) is 12.3. The predicted molar refractivity (Wildman–Crippen MR) is 94.3 cm³/mol. The van der Waals surface area contributed by atoms with Gasteiger partial charge < -0.3 is 5.32 Å². The summed E-state index contributed by atoms with van der Waals surface area (Å²) in [5.41, 5.74) is 3.80. The summed E-state index contributed by atoms with van der Waals surface area (Å²) in [4.78, 5) is 12.4. The van der Waals surface area contributed by atoms with Crippen LogP contribution in [0.4, 0.5) is 5.69 Å². The quantitative estimate of drug-likeness (QED) is 0.745. The van der Waals surface area contributed by atoms with Gasteiger partial charge in [-0.1, -0.05) is 0 Å². The SMILES string of the molecule is CCn1ncc(Cn2cc(NC(=O)C(C)n3ccc(C)n3)cn2)c1C. The van der Waals surface area contributed by atoms with E-state index in [0.29, 0.717) is 12.2 Å². The number of nitrogens with one attached hydrogen (secondary N) is 1. The lowest BCUT2D eigenvalue weighted by atomic mass is 10.2. The van der Waals surface area contributed by atoms with Crippen LogP contribution in [-0.4, -0.2) is 35.2 Å². The first kappa shape index (κ1) is 16.9. The molecule has 0 fully saturated rings. The van der Waals surface area contributed by atoms with Crippen LogP contribution >= 0.6 is 0 Å². The van der Waals surface area contributed by atoms with E-state index in [0.717, 1.165) is 23.5 Å². The predicted octanol–water partition coefficient (Wildman–Crippen LogP) is 2.16. The van der Waals surface area contributed by atoms with Gasteiger partial charge in [-0.05, 0) is 33.8 Å². The second kappa shape index (κ2) is 6.92. The maximum absolute atomic E-state index is 12.4. The minimum Gasteiger partial charge on any atom is -0.322 e. The zero-order valence-corrected chi connectivity index (χ0v) is 15.0. The van der Waals surface area contributed by atoms with Gasteiger partial charge in [-0.25, -0.2) is 0 Å². The molecule has 0 aliphatic heterocycles. The number of aromatic nitrogens is 6. The smallest absolute Gasteiger partial charge is 0.249 e. The number of carbonyl (C=O) groups excluding carboxylic acids is 1. The Morgan fingerprint density at radius 1 is 1.28 bits per heavy atom. The molecule has 1 amide bonds. The van der Waals surface area contributed by atoms with E-state index in [4.69, 9.17) is 0 Å². The Labute approximate surface area is 146 Å². The third-order valence-corrected chi connectivity index (χ3v) is 4.26. The van der Waals surface area contributed by atoms with Crippen LogP contribution in [0, 0.1) is 13.8 Å². The molecule has 0 spiro atoms. The molecule has 3 aromatic rings. The summed E-state index contributed by atoms with van der Waals surface area (Å²) in [6, 6.07) is 1.49. The van der Waals surface area contributed by atoms with Gasteiger partial charge in [0.15, 0.2) is 0 Å². The summed E-state index contributed by atoms with van der Waals surface area (Å²) in [5.74, 6) is -0.127. The maximum atomic E-state index is 12.4. The maximum Gasteiger partial charge on any atom is 0.249 e. The van der Waals surface area contributed by atoms with Crippen LogP contribution in [0.2, 0.25) is 0 Å². The number of rotatable bonds is 6. The van der Waals surface area contributed by atoms with Gasteiger partial charge in [-0.15, -0.1) is 0 Å². The van der Waals surface area contributed by atoms with Crippen molar-refractivity contribution in [3.05, 3.63) is 47.8 Å². The average molecular weight is 341 g/mol. The van der Waals surface area contributed by atoms with E-state index in [1.54, 1.807) is 21.8 Å². The first-order chi connectivity index (χ1) is 12.0. The van der Waals surface area contributed by atoms with E-state index in [1.165, 1.54) is 0 Å². The zero-order chi connectivity index (χ0) is 18.0. The molecule has 0 radical (unpaired) electrons. The molecule has 0 bridgehead atoms. The largest absolute Gasteiger partial charge is 0.322 e. The third-order valence-electron chi connectivity index (χ3n) is 4.26. The minimum absolute atomic E-state index is 0.127. The van der Waals surface area contributed by atoms with Crippen LogP contribution < -0.4 is 5.32 Å². The average Bonchev–Trinajstić information content (AvgIpc) is 3.29. The standard InChI is InChI=1S/C17H23N7O/c1-5-23-13(3)15(8-19-23)10-22-11-16(9-18-22)20-17(25)14(4)24-7-6-12(2)21-24/h6-9,11,14H,5,10H2,1-4H3,(H,20,25). The Kier molecular flexibility index (Phi) is 4.69. The lowest BCUT2D eigenvalue weighted by Gasteiger charge is -2.11. The molecule has 132 valence electrons. The van der Waals surface area contributed by atoms with Gasteiger partial charge in [-0.3, -0.25) is 18.8 Å². The van der Waals surface area contributed by atoms with Crippen LogP contribution in [0.5, 0.6) is 0 Å². The van der Waals surface area contributed by atoms with Crippen LogP contribution in [-0.2, 0) is 17.9 Å². The second-order valence-corrected chi connectivity index (χ2v) is 6.10. The van der Waals surface area contributed by atoms with Crippen molar-refractivity contribution in [1.29, 1.82) is 0 Å². The molecule has 3 rings (SSSR count). The molecule has 0 saturated carbocycles. The first-order valence-corrected chi connectivity index (χ1v) is 8.34. The molecule has 25 heavy (non-hydrogen) atoms. The van der Waals surface area contributed by atoms with E-state index in [-0.39, 0.29) is 11.9 Å². The molecule has 8 nitrogen and oxygen atoms in total. The number of hydrogen-bond acceptors (Lipinski definition) is 4. The van der Waals surface area contributed by atoms with Crippen molar-refractivity contribution in [2.45, 2.75) is 46.8 Å². The van der Waals surface area contributed by atoms with Gasteiger partial charge in [0.1, 0.15) is 6.04 Å². The number of hydrogen-bond donors (Lipinski definition) is 1. The second-order valence-electron chi connectivity index (χ2n) is 6.10. The summed E-state index contributed by atoms with van der Waals surface area (Å²) in [6.07, 6.45) is 7.14. The lowest BCUT2D eigenvalue weighted by molar-refractivity contribution is -0.119.